The second-order valence-electron chi connectivity index (χ2n) is 4.38. The van der Waals surface area contributed by atoms with Crippen LogP contribution < -0.4 is 9.47 Å². The highest BCUT2D eigenvalue weighted by Gasteiger charge is 2.10. The van der Waals surface area contributed by atoms with Crippen LogP contribution in [0.25, 0.3) is 0 Å². The van der Waals surface area contributed by atoms with Crippen LogP contribution in [0.1, 0.15) is 15.9 Å². The van der Waals surface area contributed by atoms with Gasteiger partial charge in [0.2, 0.25) is 0 Å². The summed E-state index contributed by atoms with van der Waals surface area (Å²) in [6.45, 7) is 1.91. The van der Waals surface area contributed by atoms with Gasteiger partial charge in [0.05, 0.1) is 7.11 Å². The zero-order valence-electron chi connectivity index (χ0n) is 11.4. The van der Waals surface area contributed by atoms with Crippen molar-refractivity contribution in [2.24, 2.45) is 0 Å². The number of methoxy groups -OCH3 is 1. The first-order valence-electron chi connectivity index (χ1n) is 6.16. The number of benzene rings is 2. The molecule has 0 saturated carbocycles. The van der Waals surface area contributed by atoms with Crippen molar-refractivity contribution in [2.75, 3.05) is 13.7 Å². The van der Waals surface area contributed by atoms with E-state index in [4.69, 9.17) is 21.1 Å². The summed E-state index contributed by atoms with van der Waals surface area (Å²) in [5.41, 5.74) is 1.60. The lowest BCUT2D eigenvalue weighted by Crippen LogP contribution is -2.12. The molecule has 0 amide bonds. The van der Waals surface area contributed by atoms with Gasteiger partial charge < -0.3 is 9.47 Å². The van der Waals surface area contributed by atoms with Gasteiger partial charge in [0.25, 0.3) is 0 Å². The molecule has 2 aromatic rings. The third kappa shape index (κ3) is 3.52. The van der Waals surface area contributed by atoms with Crippen LogP contribution in [0.2, 0.25) is 5.02 Å². The first kappa shape index (κ1) is 14.4. The van der Waals surface area contributed by atoms with Gasteiger partial charge in [0, 0.05) is 10.6 Å². The van der Waals surface area contributed by atoms with Crippen LogP contribution in [-0.4, -0.2) is 19.5 Å². The van der Waals surface area contributed by atoms with Crippen LogP contribution in [-0.2, 0) is 0 Å². The molecular formula is C16H15ClO3. The van der Waals surface area contributed by atoms with E-state index in [2.05, 4.69) is 0 Å². The van der Waals surface area contributed by atoms with Gasteiger partial charge in [-0.3, -0.25) is 4.79 Å². The van der Waals surface area contributed by atoms with Crippen LogP contribution in [0.5, 0.6) is 11.5 Å². The molecule has 0 spiro atoms. The van der Waals surface area contributed by atoms with Gasteiger partial charge in [-0.1, -0.05) is 29.8 Å². The van der Waals surface area contributed by atoms with E-state index in [1.807, 2.05) is 19.1 Å². The maximum absolute atomic E-state index is 12.0. The number of halogens is 1. The average Bonchev–Trinajstić information content (AvgIpc) is 2.45. The zero-order chi connectivity index (χ0) is 14.5. The minimum atomic E-state index is -0.130. The van der Waals surface area contributed by atoms with Gasteiger partial charge >= 0.3 is 0 Å². The third-order valence-electron chi connectivity index (χ3n) is 2.82. The van der Waals surface area contributed by atoms with Gasteiger partial charge in [-0.25, -0.2) is 0 Å². The van der Waals surface area contributed by atoms with Gasteiger partial charge in [-0.15, -0.1) is 0 Å². The first-order chi connectivity index (χ1) is 9.60. The number of rotatable bonds is 5. The fraction of sp³-hybridized carbons (Fsp3) is 0.188. The Balaban J connectivity index is 2.07. The molecule has 4 heteroatoms. The number of hydrogen-bond acceptors (Lipinski definition) is 3. The van der Waals surface area contributed by atoms with Gasteiger partial charge in [0.15, 0.2) is 23.9 Å². The molecule has 0 bridgehead atoms. The van der Waals surface area contributed by atoms with Crippen molar-refractivity contribution in [3.63, 3.8) is 0 Å². The minimum absolute atomic E-state index is 0.0558. The van der Waals surface area contributed by atoms with Gasteiger partial charge in [-0.05, 0) is 36.8 Å². The predicted molar refractivity (Wildman–Crippen MR) is 79.0 cm³/mol. The van der Waals surface area contributed by atoms with Crippen molar-refractivity contribution in [2.45, 2.75) is 6.92 Å². The van der Waals surface area contributed by atoms with Crippen molar-refractivity contribution in [3.8, 4) is 11.5 Å². The Morgan fingerprint density at radius 2 is 1.95 bits per heavy atom. The fourth-order valence-electron chi connectivity index (χ4n) is 1.78. The summed E-state index contributed by atoms with van der Waals surface area (Å²) in [7, 11) is 1.57. The van der Waals surface area contributed by atoms with Crippen LogP contribution >= 0.6 is 11.6 Å². The van der Waals surface area contributed by atoms with E-state index in [1.165, 1.54) is 0 Å². The van der Waals surface area contributed by atoms with Crippen molar-refractivity contribution in [1.29, 1.82) is 0 Å². The highest BCUT2D eigenvalue weighted by molar-refractivity contribution is 6.31. The average molecular weight is 291 g/mol. The maximum atomic E-state index is 12.0. The lowest BCUT2D eigenvalue weighted by molar-refractivity contribution is 0.0919. The Hall–Kier alpha value is -2.00. The molecule has 0 aliphatic heterocycles. The Kier molecular flexibility index (Phi) is 4.64. The third-order valence-corrected chi connectivity index (χ3v) is 3.06. The first-order valence-corrected chi connectivity index (χ1v) is 6.54. The van der Waals surface area contributed by atoms with Crippen LogP contribution in [0.15, 0.2) is 42.5 Å². The number of hydrogen-bond donors (Lipinski definition) is 0. The highest BCUT2D eigenvalue weighted by Crippen LogP contribution is 2.27. The molecule has 0 saturated heterocycles. The maximum Gasteiger partial charge on any atom is 0.200 e. The molecule has 0 heterocycles. The van der Waals surface area contributed by atoms with Crippen molar-refractivity contribution >= 4 is 17.4 Å². The van der Waals surface area contributed by atoms with E-state index in [-0.39, 0.29) is 12.4 Å². The molecule has 0 atom stereocenters. The zero-order valence-corrected chi connectivity index (χ0v) is 12.1. The molecule has 0 aliphatic carbocycles. The predicted octanol–water partition coefficient (Wildman–Crippen LogP) is 3.92. The fourth-order valence-corrected chi connectivity index (χ4v) is 1.97. The Labute approximate surface area is 123 Å². The minimum Gasteiger partial charge on any atom is -0.493 e. The molecule has 0 fully saturated rings. The smallest absolute Gasteiger partial charge is 0.200 e. The summed E-state index contributed by atoms with van der Waals surface area (Å²) < 4.78 is 10.7. The van der Waals surface area contributed by atoms with E-state index in [0.29, 0.717) is 22.1 Å². The summed E-state index contributed by atoms with van der Waals surface area (Å²) in [4.78, 5) is 12.0. The molecular weight excluding hydrogens is 276 g/mol. The van der Waals surface area contributed by atoms with E-state index >= 15 is 0 Å². The summed E-state index contributed by atoms with van der Waals surface area (Å²) in [6.07, 6.45) is 0. The standard InChI is InChI=1S/C16H15ClO3/c1-11-6-7-15(16(8-11)19-2)20-10-14(18)12-4-3-5-13(17)9-12/h3-9H,10H2,1-2H3. The van der Waals surface area contributed by atoms with E-state index in [9.17, 15) is 4.79 Å². The monoisotopic (exact) mass is 290 g/mol. The van der Waals surface area contributed by atoms with Crippen LogP contribution in [0.3, 0.4) is 0 Å². The van der Waals surface area contributed by atoms with E-state index in [1.54, 1.807) is 37.4 Å². The molecule has 3 nitrogen and oxygen atoms in total. The summed E-state index contributed by atoms with van der Waals surface area (Å²) in [5.74, 6) is 1.03. The topological polar surface area (TPSA) is 35.5 Å². The number of ether oxygens (including phenoxy) is 2. The molecule has 104 valence electrons. The van der Waals surface area contributed by atoms with Crippen LogP contribution in [0, 0.1) is 6.92 Å². The summed E-state index contributed by atoms with van der Waals surface area (Å²) in [5, 5.41) is 0.531. The Morgan fingerprint density at radius 3 is 2.65 bits per heavy atom. The lowest BCUT2D eigenvalue weighted by Gasteiger charge is -2.10. The molecule has 0 aliphatic rings. The molecule has 0 radical (unpaired) electrons. The highest BCUT2D eigenvalue weighted by atomic mass is 35.5. The molecule has 0 N–H and O–H groups in total. The largest absolute Gasteiger partial charge is 0.493 e. The van der Waals surface area contributed by atoms with Crippen molar-refractivity contribution in [3.05, 3.63) is 58.6 Å². The SMILES string of the molecule is COc1cc(C)ccc1OCC(=O)c1cccc(Cl)c1. The number of carbonyl (C=O) groups excluding carboxylic acids is 1. The number of Topliss-reactive ketones (excluding diaryl/α,β-unsaturated/α-hetero) is 1. The molecule has 0 aromatic heterocycles. The summed E-state index contributed by atoms with van der Waals surface area (Å²) in [6, 6.07) is 12.4. The van der Waals surface area contributed by atoms with Crippen LogP contribution in [0.4, 0.5) is 0 Å². The summed E-state index contributed by atoms with van der Waals surface area (Å²) >= 11 is 5.86. The second-order valence-corrected chi connectivity index (χ2v) is 4.81. The molecule has 2 aromatic carbocycles. The van der Waals surface area contributed by atoms with Gasteiger partial charge in [0.1, 0.15) is 0 Å². The molecule has 20 heavy (non-hydrogen) atoms. The van der Waals surface area contributed by atoms with Gasteiger partial charge in [-0.2, -0.15) is 0 Å². The van der Waals surface area contributed by atoms with E-state index in [0.717, 1.165) is 5.56 Å². The second kappa shape index (κ2) is 6.44. The molecule has 2 rings (SSSR count). The van der Waals surface area contributed by atoms with Crippen molar-refractivity contribution < 1.29 is 14.3 Å². The lowest BCUT2D eigenvalue weighted by atomic mass is 10.1. The number of ketones is 1. The Bertz CT molecular complexity index is 623. The molecule has 0 unspecified atom stereocenters. The van der Waals surface area contributed by atoms with E-state index < -0.39 is 0 Å². The number of carbonyl (C=O) groups is 1. The Morgan fingerprint density at radius 1 is 1.15 bits per heavy atom. The number of aryl methyl sites for hydroxylation is 1. The normalized spacial score (nSPS) is 10.2. The quantitative estimate of drug-likeness (QED) is 0.783. The van der Waals surface area contributed by atoms with Crippen molar-refractivity contribution in [1.82, 2.24) is 0 Å².